The van der Waals surface area contributed by atoms with Gasteiger partial charge in [0.15, 0.2) is 20.4 Å². The molecule has 0 amide bonds. The molecule has 0 unspecified atom stereocenters. The fraction of sp³-hybridized carbons (Fsp3) is 0.696. The molecular weight excluding hydrogens is 1470 g/mol. The van der Waals surface area contributed by atoms with Gasteiger partial charge in [0.2, 0.25) is 27.2 Å². The number of benzene rings is 4. The minimum atomic E-state index is -0.330. The molecule has 1 aliphatic carbocycles. The SMILES string of the molecule is CCCCCC1c2cc3c4c(CNC(=S)NC(C)(C)CC(C)(C)C)c2OCOc2c1cc1c(c2CNC(=S)NC(C)(C)CC(C)(C)C)OCOc2c(cc5c(c2CNC(=S)NC(C)(C)CC(C)(C)C)OCOc2c(cc(c(c2CNC(=S)NC(C)(C)CC(C)(C)C)OCO4)C3CCCCC)C5CCCCC)C1CCCCC. The molecule has 0 spiro atoms. The fourth-order valence-corrected chi connectivity index (χ4v) is 20.9. The first kappa shape index (κ1) is 90.0. The highest BCUT2D eigenvalue weighted by Crippen LogP contribution is 2.59. The van der Waals surface area contributed by atoms with Gasteiger partial charge in [-0.1, -0.05) is 188 Å². The summed E-state index contributed by atoms with van der Waals surface area (Å²) in [6.45, 7) is 54.9. The summed E-state index contributed by atoms with van der Waals surface area (Å²) in [6.07, 6.45) is 18.6. The second kappa shape index (κ2) is 37.5. The molecule has 0 fully saturated rings. The van der Waals surface area contributed by atoms with Gasteiger partial charge in [-0.2, -0.15) is 0 Å². The molecule has 0 saturated heterocycles. The monoisotopic (exact) mass is 1620 g/mol. The van der Waals surface area contributed by atoms with Gasteiger partial charge in [-0.3, -0.25) is 0 Å². The normalized spacial score (nSPS) is 17.3. The molecule has 8 bridgehead atoms. The average molecular weight is 1620 g/mol. The molecule has 4 aliphatic heterocycles. The van der Waals surface area contributed by atoms with Gasteiger partial charge in [0.1, 0.15) is 46.0 Å². The number of ether oxygens (including phenoxy) is 8. The van der Waals surface area contributed by atoms with Crippen LogP contribution in [0, 0.1) is 21.7 Å². The highest BCUT2D eigenvalue weighted by atomic mass is 32.1. The van der Waals surface area contributed by atoms with Gasteiger partial charge >= 0.3 is 0 Å². The third-order valence-corrected chi connectivity index (χ3v) is 22.9. The summed E-state index contributed by atoms with van der Waals surface area (Å²) >= 11 is 25.6. The fourth-order valence-electron chi connectivity index (χ4n) is 19.5. The van der Waals surface area contributed by atoms with E-state index >= 15 is 0 Å². The maximum atomic E-state index is 7.43. The zero-order valence-corrected chi connectivity index (χ0v) is 76.6. The maximum absolute atomic E-state index is 7.43. The summed E-state index contributed by atoms with van der Waals surface area (Å²) in [7, 11) is 0. The van der Waals surface area contributed by atoms with Gasteiger partial charge in [0.05, 0.1) is 22.3 Å². The summed E-state index contributed by atoms with van der Waals surface area (Å²) in [5.41, 5.74) is 10.8. The molecule has 0 aromatic heterocycles. The van der Waals surface area contributed by atoms with E-state index in [1.54, 1.807) is 0 Å². The van der Waals surface area contributed by atoms with E-state index in [1.807, 2.05) is 0 Å². The maximum Gasteiger partial charge on any atom is 0.230 e. The van der Waals surface area contributed by atoms with Gasteiger partial charge in [0.25, 0.3) is 0 Å². The van der Waals surface area contributed by atoms with Crippen LogP contribution in [0.2, 0.25) is 0 Å². The number of thiocarbonyl (C=S) groups is 4. The predicted octanol–water partition coefficient (Wildman–Crippen LogP) is 22.5. The van der Waals surface area contributed by atoms with Crippen LogP contribution in [0.25, 0.3) is 0 Å². The summed E-state index contributed by atoms with van der Waals surface area (Å²) in [6, 6.07) is 9.91. The van der Waals surface area contributed by atoms with Gasteiger partial charge in [-0.05, 0) is 202 Å². The van der Waals surface area contributed by atoms with Crippen molar-refractivity contribution in [1.29, 1.82) is 0 Å². The van der Waals surface area contributed by atoms with E-state index < -0.39 is 0 Å². The van der Waals surface area contributed by atoms with Crippen LogP contribution in [0.15, 0.2) is 24.3 Å². The average Bonchev–Trinajstić information content (AvgIpc) is 0.717. The summed E-state index contributed by atoms with van der Waals surface area (Å²) in [4.78, 5) is 0. The molecule has 20 heteroatoms. The lowest BCUT2D eigenvalue weighted by molar-refractivity contribution is 0.0942. The second-order valence-electron chi connectivity index (χ2n) is 40.3. The molecule has 0 atom stereocenters. The Balaban J connectivity index is 1.46. The number of hydrogen-bond donors (Lipinski definition) is 8. The molecule has 0 saturated carbocycles. The van der Waals surface area contributed by atoms with E-state index in [4.69, 9.17) is 86.8 Å². The molecular formula is C92H144N8O8S4. The van der Waals surface area contributed by atoms with Gasteiger partial charge in [-0.25, -0.2) is 0 Å². The van der Waals surface area contributed by atoms with Gasteiger partial charge in [-0.15, -0.1) is 0 Å². The Morgan fingerprint density at radius 2 is 0.438 bits per heavy atom. The second-order valence-corrected chi connectivity index (χ2v) is 41.9. The molecule has 16 nitrogen and oxygen atoms in total. The Morgan fingerprint density at radius 3 is 0.580 bits per heavy atom. The van der Waals surface area contributed by atoms with E-state index in [2.05, 4.69) is 233 Å². The molecule has 8 N–H and O–H groups in total. The topological polar surface area (TPSA) is 170 Å². The van der Waals surface area contributed by atoms with Crippen molar-refractivity contribution in [1.82, 2.24) is 42.5 Å². The Labute approximate surface area is 697 Å². The molecule has 5 aliphatic rings. The predicted molar refractivity (Wildman–Crippen MR) is 477 cm³/mol. The molecule has 624 valence electrons. The van der Waals surface area contributed by atoms with E-state index in [1.165, 1.54) is 0 Å². The number of nitrogens with one attached hydrogen (secondary N) is 8. The third kappa shape index (κ3) is 24.1. The van der Waals surface area contributed by atoms with E-state index in [0.717, 1.165) is 195 Å². The summed E-state index contributed by atoms with van der Waals surface area (Å²) in [5, 5.41) is 32.3. The van der Waals surface area contributed by atoms with Crippen molar-refractivity contribution >= 4 is 69.3 Å². The first-order chi connectivity index (χ1) is 52.4. The van der Waals surface area contributed by atoms with Crippen LogP contribution in [0.3, 0.4) is 0 Å². The first-order valence-electron chi connectivity index (χ1n) is 42.5. The van der Waals surface area contributed by atoms with Gasteiger partial charge in [0, 0.05) is 117 Å². The number of hydrogen-bond acceptors (Lipinski definition) is 12. The van der Waals surface area contributed by atoms with Crippen molar-refractivity contribution in [2.75, 3.05) is 27.2 Å². The zero-order chi connectivity index (χ0) is 82.1. The molecule has 0 radical (unpaired) electrons. The Hall–Kier alpha value is -5.96. The van der Waals surface area contributed by atoms with Crippen LogP contribution in [0.5, 0.6) is 46.0 Å². The third-order valence-electron chi connectivity index (χ3n) is 21.9. The van der Waals surface area contributed by atoms with Crippen molar-refractivity contribution in [3.63, 3.8) is 0 Å². The zero-order valence-electron chi connectivity index (χ0n) is 73.3. The van der Waals surface area contributed by atoms with Crippen LogP contribution < -0.4 is 80.4 Å². The van der Waals surface area contributed by atoms with Gasteiger partial charge < -0.3 is 80.4 Å². The van der Waals surface area contributed by atoms with E-state index in [-0.39, 0.29) is 121 Å². The van der Waals surface area contributed by atoms with Crippen LogP contribution in [0.4, 0.5) is 0 Å². The minimum Gasteiger partial charge on any atom is -0.457 e. The van der Waals surface area contributed by atoms with Crippen LogP contribution in [-0.4, -0.2) is 69.8 Å². The van der Waals surface area contributed by atoms with Crippen LogP contribution >= 0.6 is 48.9 Å². The van der Waals surface area contributed by atoms with Crippen LogP contribution in [0.1, 0.15) is 385 Å². The lowest BCUT2D eigenvalue weighted by atomic mass is 9.74. The summed E-state index contributed by atoms with van der Waals surface area (Å²) in [5.74, 6) is 4.57. The molecule has 4 aromatic rings. The summed E-state index contributed by atoms with van der Waals surface area (Å²) < 4.78 is 59.5. The van der Waals surface area contributed by atoms with Crippen molar-refractivity contribution < 1.29 is 37.9 Å². The van der Waals surface area contributed by atoms with Crippen molar-refractivity contribution in [2.45, 2.75) is 367 Å². The lowest BCUT2D eigenvalue weighted by Gasteiger charge is -2.38. The molecule has 112 heavy (non-hydrogen) atoms. The molecule has 9 rings (SSSR count). The standard InChI is InChI=1S/C92H144N8O8S4/c1-25-29-33-37-57-61-41-63-58(38-34-30-26-2)65-43-67-60(40-36-32-28-4)68-44-66-59(39-35-31-27-3)64-42-62(57)74-70(46-94-82(110)98-90(19,20)50-86(8,9)10)76(64)104-55-106-78(66)72(48-96-84(112)100-92(23,24)52-88(14,15)16)80(68)108-56-107-79(67)71(47-95-83(111)99-91(21,22)51-87(11,12)13)77(65)105-54-103-75(63)69(73(61)101-53-102-74)45-93-81(109)97-89(17,18)49-85(5,6)7/h41-44,57-60H,25-40,45-56H2,1-24H3,(H2,93,97,109)(H2,94,98,110)(H2,95,99,111)(H2,96,100,112). The van der Waals surface area contributed by atoms with Crippen molar-refractivity contribution in [3.05, 3.63) is 91.0 Å². The van der Waals surface area contributed by atoms with Crippen molar-refractivity contribution in [3.8, 4) is 46.0 Å². The quantitative estimate of drug-likeness (QED) is 0.0171. The largest absolute Gasteiger partial charge is 0.457 e. The minimum absolute atomic E-state index is 0.0390. The number of unbranched alkanes of at least 4 members (excludes halogenated alkanes) is 8. The highest BCUT2D eigenvalue weighted by Gasteiger charge is 2.43. The number of rotatable bonds is 32. The Bertz CT molecular complexity index is 3330. The van der Waals surface area contributed by atoms with Crippen LogP contribution in [-0.2, 0) is 26.2 Å². The smallest absolute Gasteiger partial charge is 0.230 e. The Morgan fingerprint density at radius 1 is 0.277 bits per heavy atom. The highest BCUT2D eigenvalue weighted by molar-refractivity contribution is 7.80. The van der Waals surface area contributed by atoms with E-state index in [9.17, 15) is 0 Å². The Kier molecular flexibility index (Phi) is 30.2. The van der Waals surface area contributed by atoms with E-state index in [0.29, 0.717) is 66.4 Å². The first-order valence-corrected chi connectivity index (χ1v) is 44.1. The lowest BCUT2D eigenvalue weighted by Crippen LogP contribution is -2.49. The molecule has 4 aromatic carbocycles. The molecule has 4 heterocycles. The van der Waals surface area contributed by atoms with Crippen molar-refractivity contribution in [2.24, 2.45) is 21.7 Å².